The highest BCUT2D eigenvalue weighted by Crippen LogP contribution is 2.22. The van der Waals surface area contributed by atoms with Gasteiger partial charge in [-0.2, -0.15) is 13.2 Å². The van der Waals surface area contributed by atoms with Crippen LogP contribution in [-0.2, 0) is 4.79 Å². The Kier molecular flexibility index (Phi) is 10.0. The van der Waals surface area contributed by atoms with Gasteiger partial charge in [0.25, 0.3) is 0 Å². The highest BCUT2D eigenvalue weighted by Gasteiger charge is 2.26. The third-order valence-electron chi connectivity index (χ3n) is 5.45. The normalized spacial score (nSPS) is 19.9. The summed E-state index contributed by atoms with van der Waals surface area (Å²) in [6, 6.07) is 0. The Bertz CT molecular complexity index is 511. The molecule has 0 bridgehead atoms. The zero-order valence-electron chi connectivity index (χ0n) is 17.6. The minimum Gasteiger partial charge on any atom is -0.357 e. The first-order chi connectivity index (χ1) is 13.9. The molecule has 9 heteroatoms. The van der Waals surface area contributed by atoms with Crippen molar-refractivity contribution in [3.8, 4) is 0 Å². The van der Waals surface area contributed by atoms with Gasteiger partial charge in [-0.15, -0.1) is 0 Å². The van der Waals surface area contributed by atoms with Crippen molar-refractivity contribution in [3.63, 3.8) is 0 Å². The van der Waals surface area contributed by atoms with Crippen LogP contribution in [0.5, 0.6) is 0 Å². The van der Waals surface area contributed by atoms with E-state index in [4.69, 9.17) is 0 Å². The highest BCUT2D eigenvalue weighted by atomic mass is 19.4. The van der Waals surface area contributed by atoms with Gasteiger partial charge < -0.3 is 15.1 Å². The summed E-state index contributed by atoms with van der Waals surface area (Å²) in [5, 5.41) is 3.23. The molecule has 0 aromatic carbocycles. The van der Waals surface area contributed by atoms with Gasteiger partial charge in [-0.05, 0) is 32.6 Å². The molecule has 0 unspecified atom stereocenters. The molecule has 1 N–H and O–H groups in total. The van der Waals surface area contributed by atoms with E-state index in [1.165, 1.54) is 12.8 Å². The highest BCUT2D eigenvalue weighted by molar-refractivity contribution is 5.80. The number of nitrogens with zero attached hydrogens (tertiary/aromatic N) is 4. The molecule has 0 radical (unpaired) electrons. The van der Waals surface area contributed by atoms with Crippen LogP contribution in [0.1, 0.15) is 51.9 Å². The maximum Gasteiger partial charge on any atom is 0.389 e. The predicted molar refractivity (Wildman–Crippen MR) is 109 cm³/mol. The summed E-state index contributed by atoms with van der Waals surface area (Å²) in [6.07, 6.45) is 0.335. The number of hydrogen-bond donors (Lipinski definition) is 1. The summed E-state index contributed by atoms with van der Waals surface area (Å²) in [5.41, 5.74) is 0. The van der Waals surface area contributed by atoms with Crippen molar-refractivity contribution < 1.29 is 18.0 Å². The van der Waals surface area contributed by atoms with Crippen molar-refractivity contribution in [1.82, 2.24) is 20.0 Å². The lowest BCUT2D eigenvalue weighted by molar-refractivity contribution is -0.135. The maximum atomic E-state index is 12.6. The number of rotatable bonds is 7. The lowest BCUT2D eigenvalue weighted by Crippen LogP contribution is -2.54. The molecule has 2 aliphatic rings. The van der Waals surface area contributed by atoms with Crippen LogP contribution < -0.4 is 5.32 Å². The van der Waals surface area contributed by atoms with Gasteiger partial charge in [0.2, 0.25) is 5.91 Å². The summed E-state index contributed by atoms with van der Waals surface area (Å²) >= 11 is 0. The molecule has 168 valence electrons. The summed E-state index contributed by atoms with van der Waals surface area (Å²) in [6.45, 7) is 8.43. The summed E-state index contributed by atoms with van der Waals surface area (Å²) in [4.78, 5) is 23.4. The fourth-order valence-electron chi connectivity index (χ4n) is 3.78. The van der Waals surface area contributed by atoms with Crippen molar-refractivity contribution in [3.05, 3.63) is 0 Å². The summed E-state index contributed by atoms with van der Waals surface area (Å²) < 4.78 is 36.7. The van der Waals surface area contributed by atoms with Crippen molar-refractivity contribution in [2.24, 2.45) is 4.99 Å². The first-order valence-corrected chi connectivity index (χ1v) is 11.0. The second kappa shape index (κ2) is 12.2. The van der Waals surface area contributed by atoms with E-state index < -0.39 is 12.6 Å². The number of carbonyl (C=O) groups is 1. The number of likely N-dealkylation sites (tertiary alicyclic amines) is 1. The molecule has 0 saturated carbocycles. The van der Waals surface area contributed by atoms with E-state index in [-0.39, 0.29) is 12.3 Å². The molecule has 2 rings (SSSR count). The molecule has 0 aromatic rings. The standard InChI is InChI=1S/C20H36F3N5O/c1-2-24-19(25-10-6-5-9-20(21,22)23)28-15-13-26(14-16-28)17-18(29)27-11-7-3-4-8-12-27/h2-17H2,1H3,(H,24,25). The molecule has 0 aliphatic carbocycles. The Morgan fingerprint density at radius 2 is 1.59 bits per heavy atom. The van der Waals surface area contributed by atoms with E-state index >= 15 is 0 Å². The fourth-order valence-corrected chi connectivity index (χ4v) is 3.78. The number of nitrogens with one attached hydrogen (secondary N) is 1. The number of guanidine groups is 1. The number of amides is 1. The monoisotopic (exact) mass is 419 g/mol. The largest absolute Gasteiger partial charge is 0.389 e. The Hall–Kier alpha value is -1.51. The van der Waals surface area contributed by atoms with Crippen LogP contribution in [0.25, 0.3) is 0 Å². The van der Waals surface area contributed by atoms with Gasteiger partial charge in [0.1, 0.15) is 0 Å². The van der Waals surface area contributed by atoms with Crippen LogP contribution in [0.4, 0.5) is 13.2 Å². The number of piperazine rings is 1. The molecule has 1 amide bonds. The molecule has 2 saturated heterocycles. The first kappa shape index (κ1) is 23.8. The van der Waals surface area contributed by atoms with Crippen LogP contribution in [0.2, 0.25) is 0 Å². The van der Waals surface area contributed by atoms with Gasteiger partial charge >= 0.3 is 6.18 Å². The maximum absolute atomic E-state index is 12.6. The number of alkyl halides is 3. The molecule has 0 aromatic heterocycles. The van der Waals surface area contributed by atoms with Gasteiger partial charge in [0.15, 0.2) is 5.96 Å². The minimum atomic E-state index is -4.09. The lowest BCUT2D eigenvalue weighted by Gasteiger charge is -2.37. The van der Waals surface area contributed by atoms with E-state index in [9.17, 15) is 18.0 Å². The average molecular weight is 420 g/mol. The lowest BCUT2D eigenvalue weighted by atomic mass is 10.2. The Morgan fingerprint density at radius 3 is 2.17 bits per heavy atom. The zero-order chi connectivity index (χ0) is 21.1. The molecule has 2 aliphatic heterocycles. The third-order valence-corrected chi connectivity index (χ3v) is 5.45. The number of halogens is 3. The van der Waals surface area contributed by atoms with Crippen molar-refractivity contribution in [2.75, 3.05) is 58.9 Å². The van der Waals surface area contributed by atoms with Crippen LogP contribution in [0.3, 0.4) is 0 Å². The molecule has 6 nitrogen and oxygen atoms in total. The van der Waals surface area contributed by atoms with Crippen molar-refractivity contribution >= 4 is 11.9 Å². The van der Waals surface area contributed by atoms with Crippen molar-refractivity contribution in [1.29, 1.82) is 0 Å². The predicted octanol–water partition coefficient (Wildman–Crippen LogP) is 2.70. The molecule has 0 atom stereocenters. The van der Waals surface area contributed by atoms with Crippen molar-refractivity contribution in [2.45, 2.75) is 58.0 Å². The third kappa shape index (κ3) is 9.23. The molecular weight excluding hydrogens is 383 g/mol. The average Bonchev–Trinajstić information content (AvgIpc) is 2.96. The minimum absolute atomic E-state index is 0.110. The molecule has 29 heavy (non-hydrogen) atoms. The van der Waals surface area contributed by atoms with E-state index in [0.29, 0.717) is 19.5 Å². The van der Waals surface area contributed by atoms with E-state index in [2.05, 4.69) is 20.1 Å². The molecule has 2 fully saturated rings. The second-order valence-electron chi connectivity index (χ2n) is 7.87. The molecular formula is C20H36F3N5O. The van der Waals surface area contributed by atoms with Crippen LogP contribution >= 0.6 is 0 Å². The summed E-state index contributed by atoms with van der Waals surface area (Å²) in [7, 11) is 0. The zero-order valence-corrected chi connectivity index (χ0v) is 17.6. The Morgan fingerprint density at radius 1 is 0.931 bits per heavy atom. The first-order valence-electron chi connectivity index (χ1n) is 11.0. The number of aliphatic imine (C=N–C) groups is 1. The number of hydrogen-bond acceptors (Lipinski definition) is 3. The van der Waals surface area contributed by atoms with E-state index in [1.807, 2.05) is 11.8 Å². The fraction of sp³-hybridized carbons (Fsp3) is 0.900. The second-order valence-corrected chi connectivity index (χ2v) is 7.87. The Balaban J connectivity index is 1.74. The number of carbonyl (C=O) groups excluding carboxylic acids is 1. The van der Waals surface area contributed by atoms with Crippen LogP contribution in [-0.4, -0.2) is 91.6 Å². The number of unbranched alkanes of at least 4 members (excludes halogenated alkanes) is 1. The van der Waals surface area contributed by atoms with Crippen LogP contribution in [0, 0.1) is 0 Å². The Labute approximate surface area is 172 Å². The molecule has 0 spiro atoms. The van der Waals surface area contributed by atoms with Gasteiger partial charge in [-0.1, -0.05) is 12.8 Å². The van der Waals surface area contributed by atoms with E-state index in [1.54, 1.807) is 0 Å². The van der Waals surface area contributed by atoms with Gasteiger partial charge in [-0.3, -0.25) is 14.7 Å². The summed E-state index contributed by atoms with van der Waals surface area (Å²) in [5.74, 6) is 0.989. The van der Waals surface area contributed by atoms with Gasteiger partial charge in [0.05, 0.1) is 6.54 Å². The molecule has 2 heterocycles. The van der Waals surface area contributed by atoms with Crippen LogP contribution in [0.15, 0.2) is 4.99 Å². The SMILES string of the molecule is CCNC(=NCCCCC(F)(F)F)N1CCN(CC(=O)N2CCCCCC2)CC1. The van der Waals surface area contributed by atoms with Gasteiger partial charge in [0, 0.05) is 58.8 Å². The van der Waals surface area contributed by atoms with E-state index in [0.717, 1.165) is 64.6 Å². The topological polar surface area (TPSA) is 51.2 Å². The van der Waals surface area contributed by atoms with Gasteiger partial charge in [-0.25, -0.2) is 0 Å². The smallest absolute Gasteiger partial charge is 0.357 e. The quantitative estimate of drug-likeness (QED) is 0.392.